The van der Waals surface area contributed by atoms with E-state index in [-0.39, 0.29) is 5.91 Å². The Morgan fingerprint density at radius 3 is 2.59 bits per heavy atom. The van der Waals surface area contributed by atoms with Crippen molar-refractivity contribution in [2.45, 2.75) is 32.7 Å². The number of benzene rings is 1. The van der Waals surface area contributed by atoms with Crippen LogP contribution in [0.5, 0.6) is 5.75 Å². The maximum Gasteiger partial charge on any atom is 0.226 e. The molecule has 4 nitrogen and oxygen atoms in total. The van der Waals surface area contributed by atoms with Gasteiger partial charge >= 0.3 is 0 Å². The Labute approximate surface area is 102 Å². The highest BCUT2D eigenvalue weighted by atomic mass is 16.5. The minimum Gasteiger partial charge on any atom is -0.497 e. The van der Waals surface area contributed by atoms with E-state index in [0.717, 1.165) is 17.0 Å². The van der Waals surface area contributed by atoms with Gasteiger partial charge in [-0.25, -0.2) is 0 Å². The van der Waals surface area contributed by atoms with Gasteiger partial charge in [-0.15, -0.1) is 0 Å². The molecule has 94 valence electrons. The van der Waals surface area contributed by atoms with Crippen LogP contribution >= 0.6 is 0 Å². The molecule has 0 bridgehead atoms. The van der Waals surface area contributed by atoms with E-state index in [1.54, 1.807) is 7.11 Å². The third-order valence-corrected chi connectivity index (χ3v) is 2.32. The molecule has 0 aliphatic carbocycles. The Morgan fingerprint density at radius 1 is 1.47 bits per heavy atom. The largest absolute Gasteiger partial charge is 0.497 e. The lowest BCUT2D eigenvalue weighted by atomic mass is 10.0. The van der Waals surface area contributed by atoms with E-state index in [0.29, 0.717) is 6.42 Å². The van der Waals surface area contributed by atoms with E-state index < -0.39 is 5.54 Å². The van der Waals surface area contributed by atoms with Gasteiger partial charge < -0.3 is 15.8 Å². The van der Waals surface area contributed by atoms with Crippen molar-refractivity contribution in [3.63, 3.8) is 0 Å². The zero-order valence-corrected chi connectivity index (χ0v) is 10.8. The predicted molar refractivity (Wildman–Crippen MR) is 69.2 cm³/mol. The number of hydrogen-bond donors (Lipinski definition) is 2. The smallest absolute Gasteiger partial charge is 0.226 e. The van der Waals surface area contributed by atoms with Gasteiger partial charge in [0.05, 0.1) is 7.11 Å². The number of aryl methyl sites for hydroxylation is 1. The van der Waals surface area contributed by atoms with Crippen LogP contribution in [0.25, 0.3) is 0 Å². The summed E-state index contributed by atoms with van der Waals surface area (Å²) in [5, 5.41) is 2.84. The molecule has 3 N–H and O–H groups in total. The molecule has 0 saturated carbocycles. The number of methoxy groups -OCH3 is 1. The molecule has 4 heteroatoms. The summed E-state index contributed by atoms with van der Waals surface area (Å²) in [5.41, 5.74) is 7.05. The third-order valence-electron chi connectivity index (χ3n) is 2.32. The fourth-order valence-electron chi connectivity index (χ4n) is 1.51. The quantitative estimate of drug-likeness (QED) is 0.841. The van der Waals surface area contributed by atoms with Gasteiger partial charge in [0, 0.05) is 17.6 Å². The van der Waals surface area contributed by atoms with Gasteiger partial charge in [-0.2, -0.15) is 0 Å². The Kier molecular flexibility index (Phi) is 4.12. The van der Waals surface area contributed by atoms with Gasteiger partial charge in [-0.3, -0.25) is 4.79 Å². The average molecular weight is 236 g/mol. The molecule has 1 rings (SSSR count). The van der Waals surface area contributed by atoms with Crippen LogP contribution in [-0.2, 0) is 4.79 Å². The summed E-state index contributed by atoms with van der Waals surface area (Å²) in [6, 6.07) is 5.52. The third kappa shape index (κ3) is 4.44. The molecular weight excluding hydrogens is 216 g/mol. The minimum absolute atomic E-state index is 0.0780. The highest BCUT2D eigenvalue weighted by molar-refractivity contribution is 5.92. The number of hydrogen-bond acceptors (Lipinski definition) is 3. The maximum atomic E-state index is 11.7. The van der Waals surface area contributed by atoms with E-state index >= 15 is 0 Å². The Hall–Kier alpha value is -1.55. The lowest BCUT2D eigenvalue weighted by molar-refractivity contribution is -0.117. The number of nitrogens with two attached hydrogens (primary N) is 1. The van der Waals surface area contributed by atoms with Crippen LogP contribution in [0.1, 0.15) is 25.8 Å². The molecule has 0 aliphatic heterocycles. The maximum absolute atomic E-state index is 11.7. The topological polar surface area (TPSA) is 64.3 Å². The summed E-state index contributed by atoms with van der Waals surface area (Å²) in [6.45, 7) is 5.58. The normalized spacial score (nSPS) is 11.1. The van der Waals surface area contributed by atoms with Crippen molar-refractivity contribution in [2.24, 2.45) is 5.73 Å². The van der Waals surface area contributed by atoms with E-state index in [9.17, 15) is 4.79 Å². The summed E-state index contributed by atoms with van der Waals surface area (Å²) in [5.74, 6) is 0.699. The summed E-state index contributed by atoms with van der Waals surface area (Å²) in [4.78, 5) is 11.7. The van der Waals surface area contributed by atoms with Gasteiger partial charge in [-0.1, -0.05) is 0 Å². The Morgan fingerprint density at radius 2 is 2.12 bits per heavy atom. The molecule has 0 fully saturated rings. The monoisotopic (exact) mass is 236 g/mol. The van der Waals surface area contributed by atoms with E-state index in [1.165, 1.54) is 0 Å². The van der Waals surface area contributed by atoms with E-state index in [2.05, 4.69) is 5.32 Å². The summed E-state index contributed by atoms with van der Waals surface area (Å²) in [6.07, 6.45) is 0.290. The summed E-state index contributed by atoms with van der Waals surface area (Å²) < 4.78 is 5.10. The molecule has 0 aromatic heterocycles. The molecule has 0 spiro atoms. The number of nitrogens with one attached hydrogen (secondary N) is 1. The lowest BCUT2D eigenvalue weighted by Gasteiger charge is -2.18. The molecule has 0 aliphatic rings. The van der Waals surface area contributed by atoms with Crippen molar-refractivity contribution in [2.75, 3.05) is 12.4 Å². The second-order valence-electron chi connectivity index (χ2n) is 4.89. The average Bonchev–Trinajstić information content (AvgIpc) is 2.18. The molecule has 1 amide bonds. The number of carbonyl (C=O) groups is 1. The van der Waals surface area contributed by atoms with Crippen LogP contribution < -0.4 is 15.8 Å². The van der Waals surface area contributed by atoms with Gasteiger partial charge in [0.25, 0.3) is 0 Å². The fourth-order valence-corrected chi connectivity index (χ4v) is 1.51. The fraction of sp³-hybridized carbons (Fsp3) is 0.462. The van der Waals surface area contributed by atoms with Gasteiger partial charge in [0.1, 0.15) is 5.75 Å². The van der Waals surface area contributed by atoms with Crippen LogP contribution in [0.3, 0.4) is 0 Å². The number of ether oxygens (including phenoxy) is 1. The zero-order chi connectivity index (χ0) is 13.1. The predicted octanol–water partition coefficient (Wildman–Crippen LogP) is 2.07. The first-order valence-corrected chi connectivity index (χ1v) is 5.55. The molecule has 0 heterocycles. The second-order valence-corrected chi connectivity index (χ2v) is 4.89. The molecular formula is C13H20N2O2. The van der Waals surface area contributed by atoms with Crippen molar-refractivity contribution >= 4 is 11.6 Å². The van der Waals surface area contributed by atoms with Crippen molar-refractivity contribution in [3.05, 3.63) is 23.8 Å². The number of rotatable bonds is 4. The van der Waals surface area contributed by atoms with Gasteiger partial charge in [0.15, 0.2) is 0 Å². The highest BCUT2D eigenvalue weighted by Gasteiger charge is 2.16. The van der Waals surface area contributed by atoms with Crippen molar-refractivity contribution in [1.82, 2.24) is 0 Å². The highest BCUT2D eigenvalue weighted by Crippen LogP contribution is 2.21. The first-order chi connectivity index (χ1) is 7.81. The molecule has 0 radical (unpaired) electrons. The summed E-state index contributed by atoms with van der Waals surface area (Å²) >= 11 is 0. The number of carbonyl (C=O) groups excluding carboxylic acids is 1. The standard InChI is InChI=1S/C13H20N2O2/c1-9-7-10(17-4)5-6-11(9)15-12(16)8-13(2,3)14/h5-7H,8,14H2,1-4H3,(H,15,16). The van der Waals surface area contributed by atoms with Crippen LogP contribution in [0.2, 0.25) is 0 Å². The summed E-state index contributed by atoms with van der Waals surface area (Å²) in [7, 11) is 1.62. The van der Waals surface area contributed by atoms with Crippen LogP contribution in [-0.4, -0.2) is 18.6 Å². The Bertz CT molecular complexity index is 408. The first-order valence-electron chi connectivity index (χ1n) is 5.55. The van der Waals surface area contributed by atoms with Gasteiger partial charge in [0.2, 0.25) is 5.91 Å². The van der Waals surface area contributed by atoms with Crippen molar-refractivity contribution < 1.29 is 9.53 Å². The van der Waals surface area contributed by atoms with Crippen LogP contribution in [0.15, 0.2) is 18.2 Å². The van der Waals surface area contributed by atoms with Gasteiger partial charge in [-0.05, 0) is 44.5 Å². The second kappa shape index (κ2) is 5.19. The van der Waals surface area contributed by atoms with Crippen molar-refractivity contribution in [1.29, 1.82) is 0 Å². The molecule has 0 atom stereocenters. The van der Waals surface area contributed by atoms with Crippen LogP contribution in [0, 0.1) is 6.92 Å². The molecule has 1 aromatic rings. The molecule has 0 unspecified atom stereocenters. The SMILES string of the molecule is COc1ccc(NC(=O)CC(C)(C)N)c(C)c1. The zero-order valence-electron chi connectivity index (χ0n) is 10.8. The number of amides is 1. The van der Waals surface area contributed by atoms with Crippen molar-refractivity contribution in [3.8, 4) is 5.75 Å². The molecule has 0 saturated heterocycles. The minimum atomic E-state index is -0.496. The van der Waals surface area contributed by atoms with Crippen LogP contribution in [0.4, 0.5) is 5.69 Å². The van der Waals surface area contributed by atoms with E-state index in [1.807, 2.05) is 39.0 Å². The number of anilines is 1. The lowest BCUT2D eigenvalue weighted by Crippen LogP contribution is -2.36. The Balaban J connectivity index is 2.72. The molecule has 1 aromatic carbocycles. The molecule has 17 heavy (non-hydrogen) atoms. The first kappa shape index (κ1) is 13.5. The van der Waals surface area contributed by atoms with E-state index in [4.69, 9.17) is 10.5 Å².